The minimum atomic E-state index is 0.435. The molecule has 2 aromatic rings. The molecule has 0 aliphatic carbocycles. The Hall–Kier alpha value is 1.54. The number of quaternary nitrogens is 1. The molecule has 120 valence electrons. The molecule has 0 saturated heterocycles. The van der Waals surface area contributed by atoms with Crippen molar-refractivity contribution in [1.82, 2.24) is 0 Å². The predicted molar refractivity (Wildman–Crippen MR) is 107 cm³/mol. The van der Waals surface area contributed by atoms with Gasteiger partial charge in [-0.3, -0.25) is 0 Å². The summed E-state index contributed by atoms with van der Waals surface area (Å²) >= 11 is 43.8. The van der Waals surface area contributed by atoms with E-state index in [4.69, 9.17) is 69.6 Å². The van der Waals surface area contributed by atoms with E-state index in [2.05, 4.69) is 0 Å². The quantitative estimate of drug-likeness (QED) is 0.201. The van der Waals surface area contributed by atoms with Gasteiger partial charge >= 0.3 is 0 Å². The molecule has 0 fully saturated rings. The lowest BCUT2D eigenvalue weighted by Gasteiger charge is -2.14. The summed E-state index contributed by atoms with van der Waals surface area (Å²) in [4.78, 5) is 3.52. The van der Waals surface area contributed by atoms with Crippen LogP contribution in [0.4, 0.5) is 0 Å². The molecule has 1 spiro atoms. The predicted octanol–water partition coefficient (Wildman–Crippen LogP) is 9.18. The van der Waals surface area contributed by atoms with Crippen molar-refractivity contribution in [2.24, 2.45) is 0 Å². The van der Waals surface area contributed by atoms with E-state index in [9.17, 15) is 0 Å². The molecule has 0 atom stereocenters. The zero-order valence-corrected chi connectivity index (χ0v) is 18.3. The Morgan fingerprint density at radius 2 is 0.870 bits per heavy atom. The molecule has 2 aromatic carbocycles. The van der Waals surface area contributed by atoms with Crippen molar-refractivity contribution in [3.05, 3.63) is 42.3 Å². The van der Waals surface area contributed by atoms with Gasteiger partial charge in [0.1, 0.15) is 19.6 Å². The first-order valence-electron chi connectivity index (χ1n) is 5.84. The molecule has 0 radical (unpaired) electrons. The van der Waals surface area contributed by atoms with Gasteiger partial charge in [-0.25, -0.2) is 0 Å². The van der Waals surface area contributed by atoms with E-state index in [-0.39, 0.29) is 0 Å². The van der Waals surface area contributed by atoms with Gasteiger partial charge in [0.2, 0.25) is 0 Å². The number of benzene rings is 2. The summed E-state index contributed by atoms with van der Waals surface area (Å²) in [6, 6.07) is 3.32. The lowest BCUT2D eigenvalue weighted by molar-refractivity contribution is -0.267. The lowest BCUT2D eigenvalue weighted by atomic mass is 10.3. The molecule has 1 nitrogen and oxygen atoms in total. The number of hydrogen-bond acceptors (Lipinski definition) is 4. The first-order chi connectivity index (χ1) is 10.8. The zero-order valence-electron chi connectivity index (χ0n) is 10.5. The molecule has 11 heteroatoms. The Bertz CT molecular complexity index is 802. The molecule has 0 bridgehead atoms. The first kappa shape index (κ1) is 17.9. The fraction of sp³-hybridized carbons (Fsp3) is 0. The average Bonchev–Trinajstić information content (AvgIpc) is 3.05. The highest BCUT2D eigenvalue weighted by Gasteiger charge is 2.54. The van der Waals surface area contributed by atoms with Crippen LogP contribution >= 0.6 is 117 Å². The van der Waals surface area contributed by atoms with Crippen molar-refractivity contribution in [2.75, 3.05) is 0 Å². The van der Waals surface area contributed by atoms with Gasteiger partial charge in [-0.1, -0.05) is 71.7 Å². The SMILES string of the molecule is Clc1cc(Cl)c2c(c1Cl)S[N+]1(S2)Sc2c(Cl)cc(Cl)c(Cl)c2S1. The standard InChI is InChI=1S/C12H2Cl6NS4/c13-3-1-5(15)9-11(7(3)17)22-19(20-9)21-10-6(16)2-4(14)8(18)12(10)23-19/h1-2H/q+1. The smallest absolute Gasteiger partial charge is 0.0828 e. The van der Waals surface area contributed by atoms with Crippen molar-refractivity contribution >= 4 is 117 Å². The summed E-state index contributed by atoms with van der Waals surface area (Å²) in [5.41, 5.74) is 0. The van der Waals surface area contributed by atoms with Crippen molar-refractivity contribution in [2.45, 2.75) is 19.6 Å². The van der Waals surface area contributed by atoms with Crippen LogP contribution in [0.3, 0.4) is 0 Å². The Labute approximate surface area is 179 Å². The molecule has 0 N–H and O–H groups in total. The highest BCUT2D eigenvalue weighted by molar-refractivity contribution is 8.31. The van der Waals surface area contributed by atoms with E-state index in [1.807, 2.05) is 0 Å². The second-order valence-corrected chi connectivity index (χ2v) is 12.8. The number of halogens is 6. The molecular formula is C12H2Cl6NS4+. The molecule has 0 aromatic heterocycles. The molecule has 0 unspecified atom stereocenters. The summed E-state index contributed by atoms with van der Waals surface area (Å²) in [7, 11) is 0. The van der Waals surface area contributed by atoms with Crippen LogP contribution in [0, 0.1) is 0 Å². The van der Waals surface area contributed by atoms with Gasteiger partial charge in [0.25, 0.3) is 0 Å². The van der Waals surface area contributed by atoms with Crippen molar-refractivity contribution in [3.8, 4) is 0 Å². The van der Waals surface area contributed by atoms with Crippen LogP contribution in [0.2, 0.25) is 30.1 Å². The Balaban J connectivity index is 1.80. The van der Waals surface area contributed by atoms with Crippen LogP contribution in [0.25, 0.3) is 0 Å². The van der Waals surface area contributed by atoms with Crippen LogP contribution < -0.4 is 0 Å². The Kier molecular flexibility index (Phi) is 4.92. The number of hydrogen-bond donors (Lipinski definition) is 0. The van der Waals surface area contributed by atoms with Crippen LogP contribution in [0.1, 0.15) is 0 Å². The molecule has 4 rings (SSSR count). The normalized spacial score (nSPS) is 17.7. The highest BCUT2D eigenvalue weighted by Crippen LogP contribution is 2.74. The summed E-state index contributed by atoms with van der Waals surface area (Å²) < 4.78 is 0.435. The summed E-state index contributed by atoms with van der Waals surface area (Å²) in [5.74, 6) is 0. The Morgan fingerprint density at radius 1 is 0.522 bits per heavy atom. The van der Waals surface area contributed by atoms with E-state index < -0.39 is 0 Å². The molecule has 2 heterocycles. The van der Waals surface area contributed by atoms with Gasteiger partial charge in [0, 0.05) is 0 Å². The summed E-state index contributed by atoms with van der Waals surface area (Å²) in [6.07, 6.45) is 0. The second kappa shape index (κ2) is 6.31. The van der Waals surface area contributed by atoms with E-state index in [1.54, 1.807) is 59.9 Å². The average molecular weight is 501 g/mol. The largest absolute Gasteiger partial charge is 0.155 e. The molecular weight excluding hydrogens is 499 g/mol. The van der Waals surface area contributed by atoms with Crippen LogP contribution in [-0.2, 0) is 0 Å². The molecule has 2 aliphatic heterocycles. The highest BCUT2D eigenvalue weighted by atomic mass is 35.5. The number of rotatable bonds is 0. The van der Waals surface area contributed by atoms with Crippen LogP contribution in [0.15, 0.2) is 31.7 Å². The van der Waals surface area contributed by atoms with E-state index in [1.165, 1.54) is 0 Å². The van der Waals surface area contributed by atoms with E-state index >= 15 is 0 Å². The Morgan fingerprint density at radius 3 is 1.26 bits per heavy atom. The third-order valence-corrected chi connectivity index (χ3v) is 11.8. The zero-order chi connectivity index (χ0) is 16.5. The van der Waals surface area contributed by atoms with Gasteiger partial charge in [0.05, 0.1) is 30.1 Å². The molecule has 0 saturated carbocycles. The number of nitrogens with zero attached hydrogens (tertiary/aromatic N) is 1. The van der Waals surface area contributed by atoms with Gasteiger partial charge in [-0.2, -0.15) is 0 Å². The molecule has 23 heavy (non-hydrogen) atoms. The molecule has 2 aliphatic rings. The summed E-state index contributed by atoms with van der Waals surface area (Å²) in [6.45, 7) is 0. The van der Waals surface area contributed by atoms with Gasteiger partial charge in [-0.05, 0) is 12.1 Å². The third-order valence-electron chi connectivity index (χ3n) is 2.98. The van der Waals surface area contributed by atoms with E-state index in [0.717, 1.165) is 19.6 Å². The lowest BCUT2D eigenvalue weighted by Crippen LogP contribution is -2.06. The van der Waals surface area contributed by atoms with Gasteiger partial charge in [0.15, 0.2) is 47.8 Å². The second-order valence-electron chi connectivity index (χ2n) is 4.44. The van der Waals surface area contributed by atoms with Crippen LogP contribution in [-0.4, -0.2) is 2.10 Å². The fourth-order valence-electron chi connectivity index (χ4n) is 2.01. The van der Waals surface area contributed by atoms with Gasteiger partial charge < -0.3 is 0 Å². The van der Waals surface area contributed by atoms with Crippen molar-refractivity contribution < 1.29 is 2.10 Å². The fourth-order valence-corrected chi connectivity index (χ4v) is 10.3. The minimum absolute atomic E-state index is 0.435. The van der Waals surface area contributed by atoms with Gasteiger partial charge in [-0.15, -0.1) is 0 Å². The third kappa shape index (κ3) is 2.88. The maximum Gasteiger partial charge on any atom is 0.155 e. The molecule has 0 amide bonds. The van der Waals surface area contributed by atoms with Crippen molar-refractivity contribution in [1.29, 1.82) is 0 Å². The van der Waals surface area contributed by atoms with Crippen molar-refractivity contribution in [3.63, 3.8) is 0 Å². The maximum atomic E-state index is 6.34. The van der Waals surface area contributed by atoms with Crippen LogP contribution in [0.5, 0.6) is 0 Å². The monoisotopic (exact) mass is 498 g/mol. The topological polar surface area (TPSA) is 0 Å². The van der Waals surface area contributed by atoms with E-state index in [0.29, 0.717) is 32.2 Å². The number of fused-ring (bicyclic) bond motifs is 2. The maximum absolute atomic E-state index is 6.34. The summed E-state index contributed by atoms with van der Waals surface area (Å²) in [5, 5.41) is 3.05. The first-order valence-corrected chi connectivity index (χ1v) is 11.2. The minimum Gasteiger partial charge on any atom is -0.0828 e.